The lowest BCUT2D eigenvalue weighted by Gasteiger charge is -2.30. The van der Waals surface area contributed by atoms with Gasteiger partial charge in [-0.05, 0) is 58.9 Å². The van der Waals surface area contributed by atoms with Crippen LogP contribution in [-0.4, -0.2) is 76.8 Å². The third-order valence-electron chi connectivity index (χ3n) is 5.32. The molecule has 4 rings (SSSR count). The van der Waals surface area contributed by atoms with Crippen LogP contribution in [0.5, 0.6) is 5.88 Å². The average Bonchev–Trinajstić information content (AvgIpc) is 3.25. The van der Waals surface area contributed by atoms with E-state index in [0.717, 1.165) is 10.8 Å². The van der Waals surface area contributed by atoms with Gasteiger partial charge in [0.2, 0.25) is 20.1 Å². The van der Waals surface area contributed by atoms with Crippen molar-refractivity contribution in [1.82, 2.24) is 19.5 Å². The van der Waals surface area contributed by atoms with E-state index in [9.17, 15) is 0 Å². The number of anilines is 1. The number of nitrogens with zero attached hydrogens (tertiary/aromatic N) is 4. The van der Waals surface area contributed by atoms with Crippen LogP contribution in [0.1, 0.15) is 6.23 Å². The van der Waals surface area contributed by atoms with Crippen LogP contribution in [0, 0.1) is 0 Å². The fourth-order valence-electron chi connectivity index (χ4n) is 4.17. The number of imidazole rings is 1. The number of aromatic nitrogens is 4. The minimum absolute atomic E-state index is 0.0566. The Morgan fingerprint density at radius 1 is 0.889 bits per heavy atom. The van der Waals surface area contributed by atoms with Gasteiger partial charge in [-0.3, -0.25) is 4.57 Å². The first-order valence-electron chi connectivity index (χ1n) is 12.7. The van der Waals surface area contributed by atoms with Gasteiger partial charge < -0.3 is 23.0 Å². The molecule has 0 saturated carbocycles. The first kappa shape index (κ1) is 28.3. The van der Waals surface area contributed by atoms with Crippen molar-refractivity contribution in [2.24, 2.45) is 0 Å². The Morgan fingerprint density at radius 3 is 2.11 bits per heavy atom. The molecule has 202 valence electrons. The summed E-state index contributed by atoms with van der Waals surface area (Å²) >= 11 is 1.72. The van der Waals surface area contributed by atoms with E-state index in [0.29, 0.717) is 24.0 Å². The van der Waals surface area contributed by atoms with Crippen LogP contribution in [0.3, 0.4) is 0 Å². The number of hydrogen-bond donors (Lipinski definition) is 1. The van der Waals surface area contributed by atoms with Gasteiger partial charge in [-0.25, -0.2) is 4.98 Å². The van der Waals surface area contributed by atoms with Crippen LogP contribution >= 0.6 is 11.8 Å². The topological polar surface area (TPSA) is 92.6 Å². The number of fused-ring (bicyclic) bond motifs is 5. The van der Waals surface area contributed by atoms with Gasteiger partial charge in [0.15, 0.2) is 39.2 Å². The maximum Gasteiger partial charge on any atom is 0.244 e. The molecule has 1 saturated heterocycles. The molecule has 0 bridgehead atoms. The number of rotatable bonds is 9. The minimum atomic E-state index is -1.92. The summed E-state index contributed by atoms with van der Waals surface area (Å²) in [4.78, 5) is 18.2. The molecule has 1 fully saturated rings. The highest BCUT2D eigenvalue weighted by Crippen LogP contribution is 2.51. The van der Waals surface area contributed by atoms with E-state index in [4.69, 9.17) is 33.0 Å². The van der Waals surface area contributed by atoms with E-state index < -0.39 is 33.2 Å². The minimum Gasteiger partial charge on any atom is -0.530 e. The Bertz CT molecular complexity index is 1120. The van der Waals surface area contributed by atoms with Crippen molar-refractivity contribution in [3.05, 3.63) is 0 Å². The summed E-state index contributed by atoms with van der Waals surface area (Å²) in [6, 6.07) is 0. The highest BCUT2D eigenvalue weighted by molar-refractivity contribution is 8.00. The van der Waals surface area contributed by atoms with Crippen molar-refractivity contribution in [2.45, 2.75) is 107 Å². The van der Waals surface area contributed by atoms with E-state index in [2.05, 4.69) is 88.1 Å². The van der Waals surface area contributed by atoms with Crippen LogP contribution in [0.25, 0.3) is 11.2 Å². The molecule has 0 radical (unpaired) electrons. The smallest absolute Gasteiger partial charge is 0.244 e. The summed E-state index contributed by atoms with van der Waals surface area (Å²) in [5.74, 6) is 1.16. The lowest BCUT2D eigenvalue weighted by atomic mass is 10.2. The van der Waals surface area contributed by atoms with Gasteiger partial charge in [0.05, 0.1) is 18.0 Å². The fourth-order valence-corrected chi connectivity index (χ4v) is 8.92. The van der Waals surface area contributed by atoms with Crippen molar-refractivity contribution in [3.63, 3.8) is 0 Å². The second-order valence-electron chi connectivity index (χ2n) is 13.6. The van der Waals surface area contributed by atoms with E-state index in [1.54, 1.807) is 11.8 Å². The first-order valence-corrected chi connectivity index (χ1v) is 27.3. The summed E-state index contributed by atoms with van der Waals surface area (Å²) in [5.41, 5.74) is 1.46. The lowest BCUT2D eigenvalue weighted by Crippen LogP contribution is -2.43. The maximum absolute atomic E-state index is 6.71. The second kappa shape index (κ2) is 9.46. The molecule has 2 aliphatic rings. The van der Waals surface area contributed by atoms with Gasteiger partial charge in [0.1, 0.15) is 14.3 Å². The Hall–Kier alpha value is -0.752. The SMILES string of the molecule is C[Si](C)(C)Nc1nc(O[Si](C)(C)C)c2nc3n(c2n1)C1OC(CO[Si](C)(C)C)C(O[Si](C)(C)C)C1S3. The highest BCUT2D eigenvalue weighted by atomic mass is 32.2. The van der Waals surface area contributed by atoms with Gasteiger partial charge >= 0.3 is 0 Å². The van der Waals surface area contributed by atoms with Crippen molar-refractivity contribution in [2.75, 3.05) is 11.6 Å². The predicted octanol–water partition coefficient (Wildman–Crippen LogP) is 5.73. The molecule has 2 aliphatic heterocycles. The molecular formula is C22H43N5O4SSi4. The molecule has 4 atom stereocenters. The maximum atomic E-state index is 6.71. The Balaban J connectivity index is 1.76. The molecule has 9 nitrogen and oxygen atoms in total. The highest BCUT2D eigenvalue weighted by Gasteiger charge is 2.53. The third-order valence-corrected chi connectivity index (χ3v) is 10.4. The van der Waals surface area contributed by atoms with Crippen molar-refractivity contribution in [1.29, 1.82) is 0 Å². The monoisotopic (exact) mass is 585 g/mol. The molecule has 36 heavy (non-hydrogen) atoms. The van der Waals surface area contributed by atoms with Crippen molar-refractivity contribution >= 4 is 62.1 Å². The van der Waals surface area contributed by atoms with Crippen molar-refractivity contribution in [3.8, 4) is 5.88 Å². The van der Waals surface area contributed by atoms with Crippen LogP contribution in [0.4, 0.5) is 5.95 Å². The predicted molar refractivity (Wildman–Crippen MR) is 157 cm³/mol. The Kier molecular flexibility index (Phi) is 7.43. The molecule has 0 aromatic carbocycles. The number of hydrogen-bond acceptors (Lipinski definition) is 9. The van der Waals surface area contributed by atoms with Crippen LogP contribution < -0.4 is 9.41 Å². The Morgan fingerprint density at radius 2 is 1.56 bits per heavy atom. The van der Waals surface area contributed by atoms with Crippen LogP contribution in [-0.2, 0) is 13.6 Å². The molecular weight excluding hydrogens is 543 g/mol. The Labute approximate surface area is 223 Å². The normalized spacial score (nSPS) is 24.8. The zero-order valence-electron chi connectivity index (χ0n) is 23.8. The van der Waals surface area contributed by atoms with E-state index in [1.165, 1.54) is 0 Å². The number of nitrogens with one attached hydrogen (secondary N) is 1. The average molecular weight is 586 g/mol. The zero-order chi connectivity index (χ0) is 26.8. The molecule has 1 N–H and O–H groups in total. The van der Waals surface area contributed by atoms with Crippen LogP contribution in [0.15, 0.2) is 5.16 Å². The van der Waals surface area contributed by atoms with E-state index >= 15 is 0 Å². The molecule has 2 aromatic rings. The molecule has 0 spiro atoms. The van der Waals surface area contributed by atoms with Crippen LogP contribution in [0.2, 0.25) is 78.6 Å². The standard InChI is InChI=1S/C22H43N5O4SSi4/c1-33(2,3)26-21-24-18-15(19(25-21)31-36(10,11)12)23-22-27(18)20-17(32-22)16(30-35(7,8)9)14(29-20)13-28-34(4,5)6/h14,16-17,20H,13H2,1-12H3,(H,24,25,26). The fraction of sp³-hybridized carbons (Fsp3) is 0.773. The molecule has 2 aromatic heterocycles. The zero-order valence-corrected chi connectivity index (χ0v) is 28.7. The van der Waals surface area contributed by atoms with Gasteiger partial charge in [0, 0.05) is 0 Å². The lowest BCUT2D eigenvalue weighted by molar-refractivity contribution is -0.0382. The molecule has 4 heterocycles. The van der Waals surface area contributed by atoms with Gasteiger partial charge in [0.25, 0.3) is 0 Å². The largest absolute Gasteiger partial charge is 0.530 e. The molecule has 14 heteroatoms. The first-order chi connectivity index (χ1) is 16.3. The van der Waals surface area contributed by atoms with Crippen molar-refractivity contribution < 1.29 is 18.0 Å². The molecule has 0 amide bonds. The molecule has 4 unspecified atom stereocenters. The summed E-state index contributed by atoms with van der Waals surface area (Å²) in [5, 5.41) is 0.984. The molecule has 0 aliphatic carbocycles. The van der Waals surface area contributed by atoms with Gasteiger partial charge in [-0.1, -0.05) is 31.4 Å². The summed E-state index contributed by atoms with van der Waals surface area (Å²) in [6.07, 6.45) is -0.407. The summed E-state index contributed by atoms with van der Waals surface area (Å²) < 4.78 is 28.3. The van der Waals surface area contributed by atoms with Gasteiger partial charge in [-0.15, -0.1) is 0 Å². The van der Waals surface area contributed by atoms with E-state index in [-0.39, 0.29) is 23.7 Å². The summed E-state index contributed by atoms with van der Waals surface area (Å²) in [7, 11) is -7.13. The summed E-state index contributed by atoms with van der Waals surface area (Å²) in [6.45, 7) is 27.0. The quantitative estimate of drug-likeness (QED) is 0.370. The second-order valence-corrected chi connectivity index (χ2v) is 32.9. The number of ether oxygens (including phenoxy) is 1. The third kappa shape index (κ3) is 6.62. The van der Waals surface area contributed by atoms with Gasteiger partial charge in [-0.2, -0.15) is 9.97 Å². The van der Waals surface area contributed by atoms with E-state index in [1.807, 2.05) is 0 Å². The number of thioether (sulfide) groups is 1.